The number of methoxy groups -OCH3 is 1. The van der Waals surface area contributed by atoms with Crippen molar-refractivity contribution in [3.8, 4) is 5.75 Å². The fourth-order valence-corrected chi connectivity index (χ4v) is 3.93. The lowest BCUT2D eigenvalue weighted by atomic mass is 10.0. The summed E-state index contributed by atoms with van der Waals surface area (Å²) >= 11 is 0. The summed E-state index contributed by atoms with van der Waals surface area (Å²) in [7, 11) is 1.76. The molecule has 2 aliphatic heterocycles. The fraction of sp³-hybridized carbons (Fsp3) is 0.650. The van der Waals surface area contributed by atoms with E-state index < -0.39 is 0 Å². The first kappa shape index (κ1) is 18.1. The summed E-state index contributed by atoms with van der Waals surface area (Å²) in [6.07, 6.45) is 5.10. The number of hydrogen-bond donors (Lipinski definition) is 1. The van der Waals surface area contributed by atoms with Gasteiger partial charge in [0.15, 0.2) is 5.96 Å². The van der Waals surface area contributed by atoms with Crippen molar-refractivity contribution in [3.05, 3.63) is 29.8 Å². The van der Waals surface area contributed by atoms with Crippen LogP contribution < -0.4 is 10.1 Å². The minimum atomic E-state index is 0.287. The quantitative estimate of drug-likeness (QED) is 0.636. The van der Waals surface area contributed by atoms with Crippen molar-refractivity contribution in [2.24, 2.45) is 4.99 Å². The van der Waals surface area contributed by atoms with Crippen molar-refractivity contribution in [3.63, 3.8) is 0 Å². The fourth-order valence-electron chi connectivity index (χ4n) is 3.93. The van der Waals surface area contributed by atoms with Gasteiger partial charge in [-0.2, -0.15) is 0 Å². The SMILES string of the molecule is CCNC(=NCC(c1ccccc1OC)N1CCCC1)N1CCCC1. The highest BCUT2D eigenvalue weighted by Crippen LogP contribution is 2.32. The molecule has 1 N–H and O–H groups in total. The van der Waals surface area contributed by atoms with Crippen LogP contribution in [0.3, 0.4) is 0 Å². The zero-order valence-electron chi connectivity index (χ0n) is 15.7. The topological polar surface area (TPSA) is 40.1 Å². The van der Waals surface area contributed by atoms with Crippen LogP contribution in [0.4, 0.5) is 0 Å². The molecule has 3 rings (SSSR count). The molecular weight excluding hydrogens is 312 g/mol. The molecule has 2 aliphatic rings. The second kappa shape index (κ2) is 9.09. The van der Waals surface area contributed by atoms with E-state index in [1.807, 2.05) is 6.07 Å². The molecule has 0 saturated carbocycles. The number of likely N-dealkylation sites (tertiary alicyclic amines) is 2. The zero-order valence-corrected chi connectivity index (χ0v) is 15.7. The first-order valence-corrected chi connectivity index (χ1v) is 9.73. The Morgan fingerprint density at radius 1 is 1.12 bits per heavy atom. The minimum absolute atomic E-state index is 0.287. The van der Waals surface area contributed by atoms with Gasteiger partial charge in [-0.1, -0.05) is 18.2 Å². The number of ether oxygens (including phenoxy) is 1. The van der Waals surface area contributed by atoms with Gasteiger partial charge >= 0.3 is 0 Å². The minimum Gasteiger partial charge on any atom is -0.496 e. The van der Waals surface area contributed by atoms with Crippen molar-refractivity contribution in [2.75, 3.05) is 46.4 Å². The number of aliphatic imine (C=N–C) groups is 1. The molecule has 2 heterocycles. The number of nitrogens with one attached hydrogen (secondary N) is 1. The Bertz CT molecular complexity index is 563. The summed E-state index contributed by atoms with van der Waals surface area (Å²) in [6.45, 7) is 8.38. The predicted molar refractivity (Wildman–Crippen MR) is 103 cm³/mol. The van der Waals surface area contributed by atoms with Crippen LogP contribution in [-0.2, 0) is 0 Å². The van der Waals surface area contributed by atoms with E-state index in [9.17, 15) is 0 Å². The third-order valence-electron chi connectivity index (χ3n) is 5.23. The van der Waals surface area contributed by atoms with Gasteiger partial charge < -0.3 is 15.0 Å². The van der Waals surface area contributed by atoms with Gasteiger partial charge in [0.05, 0.1) is 19.7 Å². The van der Waals surface area contributed by atoms with E-state index in [2.05, 4.69) is 40.2 Å². The second-order valence-corrected chi connectivity index (χ2v) is 6.89. The average molecular weight is 345 g/mol. The molecule has 5 heteroatoms. The maximum atomic E-state index is 5.64. The van der Waals surface area contributed by atoms with Crippen LogP contribution >= 0.6 is 0 Å². The average Bonchev–Trinajstić information content (AvgIpc) is 3.35. The molecule has 1 unspecified atom stereocenters. The van der Waals surface area contributed by atoms with E-state index in [-0.39, 0.29) is 6.04 Å². The Morgan fingerprint density at radius 3 is 2.48 bits per heavy atom. The van der Waals surface area contributed by atoms with E-state index in [1.54, 1.807) is 7.11 Å². The molecule has 0 radical (unpaired) electrons. The molecule has 0 aliphatic carbocycles. The van der Waals surface area contributed by atoms with E-state index in [0.717, 1.165) is 51.0 Å². The number of para-hydroxylation sites is 1. The van der Waals surface area contributed by atoms with Crippen LogP contribution in [0.25, 0.3) is 0 Å². The van der Waals surface area contributed by atoms with Gasteiger partial charge in [0.1, 0.15) is 5.75 Å². The normalized spacial score (nSPS) is 20.1. The van der Waals surface area contributed by atoms with Gasteiger partial charge in [0.25, 0.3) is 0 Å². The third kappa shape index (κ3) is 4.46. The molecule has 0 spiro atoms. The predicted octanol–water partition coefficient (Wildman–Crippen LogP) is 2.89. The van der Waals surface area contributed by atoms with E-state index in [4.69, 9.17) is 9.73 Å². The monoisotopic (exact) mass is 344 g/mol. The summed E-state index contributed by atoms with van der Waals surface area (Å²) in [6, 6.07) is 8.69. The first-order chi connectivity index (χ1) is 12.3. The first-order valence-electron chi connectivity index (χ1n) is 9.73. The molecule has 0 amide bonds. The zero-order chi connectivity index (χ0) is 17.5. The van der Waals surface area contributed by atoms with Crippen LogP contribution in [0.1, 0.15) is 44.2 Å². The summed E-state index contributed by atoms with van der Waals surface area (Å²) in [5, 5.41) is 3.48. The maximum absolute atomic E-state index is 5.64. The second-order valence-electron chi connectivity index (χ2n) is 6.89. The van der Waals surface area contributed by atoms with Crippen molar-refractivity contribution in [1.82, 2.24) is 15.1 Å². The molecule has 25 heavy (non-hydrogen) atoms. The summed E-state index contributed by atoms with van der Waals surface area (Å²) in [4.78, 5) is 9.99. The van der Waals surface area contributed by atoms with Gasteiger partial charge in [0.2, 0.25) is 0 Å². The standard InChI is InChI=1S/C20H32N4O/c1-3-21-20(24-14-8-9-15-24)22-16-18(23-12-6-7-13-23)17-10-4-5-11-19(17)25-2/h4-5,10-11,18H,3,6-9,12-16H2,1-2H3,(H,21,22). The molecule has 5 nitrogen and oxygen atoms in total. The Hall–Kier alpha value is -1.75. The van der Waals surface area contributed by atoms with Gasteiger partial charge in [0, 0.05) is 25.2 Å². The molecular formula is C20H32N4O. The van der Waals surface area contributed by atoms with Crippen LogP contribution in [0, 0.1) is 0 Å². The molecule has 0 aromatic heterocycles. The number of guanidine groups is 1. The summed E-state index contributed by atoms with van der Waals surface area (Å²) in [5.74, 6) is 2.04. The lowest BCUT2D eigenvalue weighted by Crippen LogP contribution is -2.40. The number of rotatable bonds is 6. The Balaban J connectivity index is 1.82. The van der Waals surface area contributed by atoms with Crippen molar-refractivity contribution < 1.29 is 4.74 Å². The Morgan fingerprint density at radius 2 is 1.80 bits per heavy atom. The number of benzene rings is 1. The molecule has 2 fully saturated rings. The van der Waals surface area contributed by atoms with Crippen molar-refractivity contribution >= 4 is 5.96 Å². The van der Waals surface area contributed by atoms with Crippen molar-refractivity contribution in [1.29, 1.82) is 0 Å². The van der Waals surface area contributed by atoms with E-state index >= 15 is 0 Å². The molecule has 1 atom stereocenters. The maximum Gasteiger partial charge on any atom is 0.193 e. The highest BCUT2D eigenvalue weighted by Gasteiger charge is 2.26. The lowest BCUT2D eigenvalue weighted by Gasteiger charge is -2.29. The molecule has 0 bridgehead atoms. The van der Waals surface area contributed by atoms with Gasteiger partial charge in [-0.15, -0.1) is 0 Å². The van der Waals surface area contributed by atoms with Crippen molar-refractivity contribution in [2.45, 2.75) is 38.6 Å². The summed E-state index contributed by atoms with van der Waals surface area (Å²) in [5.41, 5.74) is 1.26. The molecule has 1 aromatic rings. The molecule has 1 aromatic carbocycles. The third-order valence-corrected chi connectivity index (χ3v) is 5.23. The summed E-state index contributed by atoms with van der Waals surface area (Å²) < 4.78 is 5.64. The largest absolute Gasteiger partial charge is 0.496 e. The van der Waals surface area contributed by atoms with Crippen LogP contribution in [0.2, 0.25) is 0 Å². The number of nitrogens with zero attached hydrogens (tertiary/aromatic N) is 3. The van der Waals surface area contributed by atoms with Crippen LogP contribution in [0.5, 0.6) is 5.75 Å². The Kier molecular flexibility index (Phi) is 6.56. The molecule has 138 valence electrons. The number of hydrogen-bond acceptors (Lipinski definition) is 3. The van der Waals surface area contributed by atoms with Gasteiger partial charge in [-0.3, -0.25) is 9.89 Å². The highest BCUT2D eigenvalue weighted by molar-refractivity contribution is 5.80. The van der Waals surface area contributed by atoms with Crippen LogP contribution in [0.15, 0.2) is 29.3 Å². The van der Waals surface area contributed by atoms with E-state index in [1.165, 1.54) is 31.2 Å². The highest BCUT2D eigenvalue weighted by atomic mass is 16.5. The smallest absolute Gasteiger partial charge is 0.193 e. The van der Waals surface area contributed by atoms with Crippen LogP contribution in [-0.4, -0.2) is 62.1 Å². The van der Waals surface area contributed by atoms with Gasteiger partial charge in [-0.25, -0.2) is 0 Å². The Labute approximate surface area is 152 Å². The van der Waals surface area contributed by atoms with E-state index in [0.29, 0.717) is 0 Å². The van der Waals surface area contributed by atoms with Gasteiger partial charge in [-0.05, 0) is 51.8 Å². The lowest BCUT2D eigenvalue weighted by molar-refractivity contribution is 0.245. The molecule has 2 saturated heterocycles.